The number of carbonyl (C=O) groups is 1. The number of halogens is 2. The molecule has 1 aromatic carbocycles. The standard InChI is InChI=1S/C12H11ClFN3OS2/c1-6(2)19-12-17-16-11(20-12)15-10(18)8-4-3-7(13)5-9(8)14/h3-6H,1-2H3,(H,15,16,18). The molecule has 0 unspecified atom stereocenters. The van der Waals surface area contributed by atoms with Crippen LogP contribution >= 0.6 is 34.7 Å². The molecule has 106 valence electrons. The molecular weight excluding hydrogens is 321 g/mol. The van der Waals surface area contributed by atoms with Crippen LogP contribution in [0, 0.1) is 5.82 Å². The smallest absolute Gasteiger partial charge is 0.260 e. The van der Waals surface area contributed by atoms with Crippen molar-refractivity contribution in [3.05, 3.63) is 34.6 Å². The Labute approximate surface area is 128 Å². The highest BCUT2D eigenvalue weighted by molar-refractivity contribution is 8.01. The first-order valence-electron chi connectivity index (χ1n) is 5.72. The van der Waals surface area contributed by atoms with E-state index in [-0.39, 0.29) is 10.6 Å². The summed E-state index contributed by atoms with van der Waals surface area (Å²) in [6.07, 6.45) is 0. The summed E-state index contributed by atoms with van der Waals surface area (Å²) >= 11 is 8.44. The topological polar surface area (TPSA) is 54.9 Å². The Balaban J connectivity index is 2.09. The van der Waals surface area contributed by atoms with E-state index in [4.69, 9.17) is 11.6 Å². The molecular formula is C12H11ClFN3OS2. The van der Waals surface area contributed by atoms with Gasteiger partial charge in [0.25, 0.3) is 5.91 Å². The van der Waals surface area contributed by atoms with Gasteiger partial charge in [0.15, 0.2) is 4.34 Å². The molecule has 0 saturated heterocycles. The van der Waals surface area contributed by atoms with E-state index in [0.29, 0.717) is 10.4 Å². The summed E-state index contributed by atoms with van der Waals surface area (Å²) < 4.78 is 14.4. The first-order chi connectivity index (χ1) is 9.45. The third kappa shape index (κ3) is 3.91. The molecule has 4 nitrogen and oxygen atoms in total. The number of nitrogens with one attached hydrogen (secondary N) is 1. The number of thioether (sulfide) groups is 1. The van der Waals surface area contributed by atoms with Crippen LogP contribution in [0.4, 0.5) is 9.52 Å². The van der Waals surface area contributed by atoms with Crippen molar-refractivity contribution in [1.29, 1.82) is 0 Å². The summed E-state index contributed by atoms with van der Waals surface area (Å²) in [5, 5.41) is 11.3. The molecule has 1 aromatic heterocycles. The van der Waals surface area contributed by atoms with E-state index >= 15 is 0 Å². The fourth-order valence-electron chi connectivity index (χ4n) is 1.35. The first-order valence-corrected chi connectivity index (χ1v) is 7.79. The van der Waals surface area contributed by atoms with Crippen LogP contribution in [0.3, 0.4) is 0 Å². The Morgan fingerprint density at radius 3 is 2.85 bits per heavy atom. The lowest BCUT2D eigenvalue weighted by Crippen LogP contribution is -2.13. The molecule has 0 aliphatic carbocycles. The summed E-state index contributed by atoms with van der Waals surface area (Å²) in [4.78, 5) is 11.9. The quantitative estimate of drug-likeness (QED) is 0.677. The third-order valence-electron chi connectivity index (χ3n) is 2.14. The minimum Gasteiger partial charge on any atom is -0.296 e. The molecule has 0 bridgehead atoms. The third-order valence-corrected chi connectivity index (χ3v) is 4.30. The summed E-state index contributed by atoms with van der Waals surface area (Å²) in [6, 6.07) is 3.88. The molecule has 0 saturated carbocycles. The van der Waals surface area contributed by atoms with E-state index in [1.54, 1.807) is 11.8 Å². The number of carbonyl (C=O) groups excluding carboxylic acids is 1. The van der Waals surface area contributed by atoms with Crippen LogP contribution in [-0.4, -0.2) is 21.4 Å². The largest absolute Gasteiger partial charge is 0.296 e. The molecule has 0 aliphatic rings. The SMILES string of the molecule is CC(C)Sc1nnc(NC(=O)c2ccc(Cl)cc2F)s1. The van der Waals surface area contributed by atoms with Crippen LogP contribution in [0.2, 0.25) is 5.02 Å². The molecule has 1 heterocycles. The molecule has 2 aromatic rings. The lowest BCUT2D eigenvalue weighted by atomic mass is 10.2. The van der Waals surface area contributed by atoms with Gasteiger partial charge in [-0.3, -0.25) is 10.1 Å². The summed E-state index contributed by atoms with van der Waals surface area (Å²) in [5.74, 6) is -1.24. The average molecular weight is 332 g/mol. The number of amides is 1. The maximum Gasteiger partial charge on any atom is 0.260 e. The van der Waals surface area contributed by atoms with Crippen molar-refractivity contribution in [1.82, 2.24) is 10.2 Å². The normalized spacial score (nSPS) is 10.8. The predicted molar refractivity (Wildman–Crippen MR) is 80.3 cm³/mol. The van der Waals surface area contributed by atoms with Gasteiger partial charge < -0.3 is 0 Å². The van der Waals surface area contributed by atoms with E-state index in [1.807, 2.05) is 13.8 Å². The van der Waals surface area contributed by atoms with Crippen molar-refractivity contribution in [2.45, 2.75) is 23.4 Å². The summed E-state index contributed by atoms with van der Waals surface area (Å²) in [5.41, 5.74) is -0.0809. The second kappa shape index (κ2) is 6.51. The monoisotopic (exact) mass is 331 g/mol. The van der Waals surface area contributed by atoms with Crippen molar-refractivity contribution in [2.75, 3.05) is 5.32 Å². The van der Waals surface area contributed by atoms with Crippen LogP contribution in [-0.2, 0) is 0 Å². The highest BCUT2D eigenvalue weighted by Gasteiger charge is 2.15. The Morgan fingerprint density at radius 1 is 1.45 bits per heavy atom. The van der Waals surface area contributed by atoms with Gasteiger partial charge in [-0.15, -0.1) is 10.2 Å². The van der Waals surface area contributed by atoms with Gasteiger partial charge in [-0.25, -0.2) is 4.39 Å². The van der Waals surface area contributed by atoms with Gasteiger partial charge in [0.1, 0.15) is 5.82 Å². The van der Waals surface area contributed by atoms with Gasteiger partial charge >= 0.3 is 0 Å². The van der Waals surface area contributed by atoms with Gasteiger partial charge in [0, 0.05) is 10.3 Å². The lowest BCUT2D eigenvalue weighted by Gasteiger charge is -2.02. The van der Waals surface area contributed by atoms with E-state index in [2.05, 4.69) is 15.5 Å². The Morgan fingerprint density at radius 2 is 2.20 bits per heavy atom. The highest BCUT2D eigenvalue weighted by Crippen LogP contribution is 2.28. The zero-order valence-corrected chi connectivity index (χ0v) is 13.1. The fourth-order valence-corrected chi connectivity index (χ4v) is 3.48. The van der Waals surface area contributed by atoms with Crippen LogP contribution in [0.5, 0.6) is 0 Å². The molecule has 20 heavy (non-hydrogen) atoms. The zero-order valence-electron chi connectivity index (χ0n) is 10.7. The molecule has 0 aliphatic heterocycles. The molecule has 8 heteroatoms. The van der Waals surface area contributed by atoms with Gasteiger partial charge in [-0.2, -0.15) is 0 Å². The number of hydrogen-bond acceptors (Lipinski definition) is 5. The molecule has 1 amide bonds. The van der Waals surface area contributed by atoms with E-state index in [9.17, 15) is 9.18 Å². The molecule has 0 atom stereocenters. The molecule has 2 rings (SSSR count). The predicted octanol–water partition coefficient (Wildman–Crippen LogP) is 4.08. The number of benzene rings is 1. The van der Waals surface area contributed by atoms with Crippen molar-refractivity contribution in [3.8, 4) is 0 Å². The number of aromatic nitrogens is 2. The van der Waals surface area contributed by atoms with Crippen LogP contribution < -0.4 is 5.32 Å². The fraction of sp³-hybridized carbons (Fsp3) is 0.250. The average Bonchev–Trinajstić information content (AvgIpc) is 2.75. The lowest BCUT2D eigenvalue weighted by molar-refractivity contribution is 0.102. The number of hydrogen-bond donors (Lipinski definition) is 1. The van der Waals surface area contributed by atoms with Crippen LogP contribution in [0.25, 0.3) is 0 Å². The second-order valence-corrected chi connectivity index (χ2v) is 7.36. The van der Waals surface area contributed by atoms with Crippen LogP contribution in [0.1, 0.15) is 24.2 Å². The molecule has 0 spiro atoms. The minimum atomic E-state index is -0.670. The Bertz CT molecular complexity index is 633. The van der Waals surface area contributed by atoms with Crippen molar-refractivity contribution in [2.24, 2.45) is 0 Å². The van der Waals surface area contributed by atoms with Gasteiger partial charge in [0.05, 0.1) is 5.56 Å². The minimum absolute atomic E-state index is 0.0809. The van der Waals surface area contributed by atoms with Crippen molar-refractivity contribution in [3.63, 3.8) is 0 Å². The zero-order chi connectivity index (χ0) is 14.7. The molecule has 0 radical (unpaired) electrons. The van der Waals surface area contributed by atoms with Gasteiger partial charge in [-0.05, 0) is 18.2 Å². The summed E-state index contributed by atoms with van der Waals surface area (Å²) in [7, 11) is 0. The van der Waals surface area contributed by atoms with Crippen molar-refractivity contribution >= 4 is 45.7 Å². The maximum absolute atomic E-state index is 13.6. The Kier molecular flexibility index (Phi) is 4.95. The molecule has 1 N–H and O–H groups in total. The Hall–Kier alpha value is -1.18. The number of anilines is 1. The second-order valence-electron chi connectivity index (χ2n) is 4.12. The van der Waals surface area contributed by atoms with Gasteiger partial charge in [-0.1, -0.05) is 48.5 Å². The molecule has 0 fully saturated rings. The highest BCUT2D eigenvalue weighted by atomic mass is 35.5. The van der Waals surface area contributed by atoms with Gasteiger partial charge in [0.2, 0.25) is 5.13 Å². The van der Waals surface area contributed by atoms with Crippen LogP contribution in [0.15, 0.2) is 22.5 Å². The van der Waals surface area contributed by atoms with E-state index in [1.165, 1.54) is 23.5 Å². The summed E-state index contributed by atoms with van der Waals surface area (Å²) in [6.45, 7) is 4.07. The van der Waals surface area contributed by atoms with E-state index in [0.717, 1.165) is 10.4 Å². The maximum atomic E-state index is 13.6. The van der Waals surface area contributed by atoms with Crippen molar-refractivity contribution < 1.29 is 9.18 Å². The number of rotatable bonds is 4. The first kappa shape index (κ1) is 15.2. The van der Waals surface area contributed by atoms with E-state index < -0.39 is 11.7 Å². The number of nitrogens with zero attached hydrogens (tertiary/aromatic N) is 2.